The molecule has 3 atom stereocenters. The Morgan fingerprint density at radius 3 is 2.38 bits per heavy atom. The first kappa shape index (κ1) is 30.2. The molecule has 0 aromatic heterocycles. The van der Waals surface area contributed by atoms with Crippen LogP contribution in [0.15, 0.2) is 18.2 Å². The van der Waals surface area contributed by atoms with Crippen molar-refractivity contribution in [1.29, 1.82) is 0 Å². The fourth-order valence-electron chi connectivity index (χ4n) is 3.88. The summed E-state index contributed by atoms with van der Waals surface area (Å²) in [5.41, 5.74) is 7.10. The van der Waals surface area contributed by atoms with Crippen LogP contribution in [0, 0.1) is 17.3 Å². The summed E-state index contributed by atoms with van der Waals surface area (Å²) in [7, 11) is 3.31. The molecule has 0 unspecified atom stereocenters. The van der Waals surface area contributed by atoms with Crippen molar-refractivity contribution in [3.63, 3.8) is 0 Å². The second-order valence-electron chi connectivity index (χ2n) is 9.83. The number of nitrogens with one attached hydrogen (secondary N) is 1. The van der Waals surface area contributed by atoms with E-state index < -0.39 is 17.6 Å². The molecule has 0 saturated heterocycles. The highest BCUT2D eigenvalue weighted by Gasteiger charge is 2.30. The Hall–Kier alpha value is -1.83. The molecule has 196 valence electrons. The second kappa shape index (κ2) is 15.2. The zero-order valence-electron chi connectivity index (χ0n) is 22.4. The molecule has 0 fully saturated rings. The monoisotopic (exact) mass is 480 g/mol. The number of ether oxygens (including phenoxy) is 3. The van der Waals surface area contributed by atoms with E-state index in [0.29, 0.717) is 31.3 Å². The van der Waals surface area contributed by atoms with Crippen LogP contribution in [0.4, 0.5) is 0 Å². The molecular formula is C27H48N2O5. The summed E-state index contributed by atoms with van der Waals surface area (Å²) in [5.74, 6) is 2.05. The maximum Gasteiger partial charge on any atom is 0.226 e. The summed E-state index contributed by atoms with van der Waals surface area (Å²) in [6.45, 7) is 11.7. The highest BCUT2D eigenvalue weighted by Crippen LogP contribution is 2.31. The third-order valence-corrected chi connectivity index (χ3v) is 7.07. The van der Waals surface area contributed by atoms with Crippen molar-refractivity contribution in [2.24, 2.45) is 23.0 Å². The van der Waals surface area contributed by atoms with Gasteiger partial charge in [-0.05, 0) is 55.2 Å². The number of hydrogen-bond acceptors (Lipinski definition) is 6. The zero-order chi connectivity index (χ0) is 25.7. The Bertz CT molecular complexity index is 721. The molecule has 1 aromatic carbocycles. The van der Waals surface area contributed by atoms with Gasteiger partial charge >= 0.3 is 0 Å². The smallest absolute Gasteiger partial charge is 0.226 e. The minimum atomic E-state index is -0.793. The van der Waals surface area contributed by atoms with Gasteiger partial charge in [0.15, 0.2) is 11.5 Å². The lowest BCUT2D eigenvalue weighted by Gasteiger charge is -2.29. The number of methoxy groups -OCH3 is 2. The van der Waals surface area contributed by atoms with Crippen molar-refractivity contribution < 1.29 is 24.1 Å². The molecule has 4 N–H and O–H groups in total. The number of hydrogen-bond donors (Lipinski definition) is 3. The topological polar surface area (TPSA) is 103 Å². The standard InChI is InChI=1S/C27H48N2O5/c1-8-27(5,9-2)26(31)29-18-23(30)22(28)17-21(19(3)4)15-20-11-12-24(33-7)25(16-20)34-14-10-13-32-6/h11-12,16,19,21-23,30H,8-10,13-15,17-18,28H2,1-7H3,(H,29,31)/t21-,22-,23-/m0/s1. The van der Waals surface area contributed by atoms with Crippen LogP contribution in [0.1, 0.15) is 65.9 Å². The first-order valence-corrected chi connectivity index (χ1v) is 12.6. The van der Waals surface area contributed by atoms with Gasteiger partial charge in [-0.25, -0.2) is 0 Å². The van der Waals surface area contributed by atoms with E-state index in [2.05, 4.69) is 25.2 Å². The van der Waals surface area contributed by atoms with Gasteiger partial charge < -0.3 is 30.4 Å². The Labute approximate surface area is 206 Å². The summed E-state index contributed by atoms with van der Waals surface area (Å²) in [6.07, 6.45) is 2.99. The van der Waals surface area contributed by atoms with Crippen LogP contribution in [0.2, 0.25) is 0 Å². The molecule has 0 radical (unpaired) electrons. The third kappa shape index (κ3) is 9.43. The van der Waals surface area contributed by atoms with Crippen molar-refractivity contribution in [1.82, 2.24) is 5.32 Å². The van der Waals surface area contributed by atoms with E-state index in [9.17, 15) is 9.90 Å². The fourth-order valence-corrected chi connectivity index (χ4v) is 3.88. The van der Waals surface area contributed by atoms with Crippen molar-refractivity contribution in [2.75, 3.05) is 34.0 Å². The molecule has 34 heavy (non-hydrogen) atoms. The molecule has 0 bridgehead atoms. The van der Waals surface area contributed by atoms with Crippen LogP contribution in [0.5, 0.6) is 11.5 Å². The van der Waals surface area contributed by atoms with Gasteiger partial charge in [0.2, 0.25) is 5.91 Å². The highest BCUT2D eigenvalue weighted by atomic mass is 16.5. The molecule has 0 saturated carbocycles. The SMILES string of the molecule is CCC(C)(CC)C(=O)NC[C@H](O)[C@@H](N)C[C@H](Cc1ccc(OC)c(OCCCOC)c1)C(C)C. The maximum absolute atomic E-state index is 12.5. The third-order valence-electron chi connectivity index (χ3n) is 7.07. The fraction of sp³-hybridized carbons (Fsp3) is 0.741. The van der Waals surface area contributed by atoms with Crippen LogP contribution in [-0.4, -0.2) is 57.1 Å². The van der Waals surface area contributed by atoms with Crippen molar-refractivity contribution >= 4 is 5.91 Å². The number of aliphatic hydroxyl groups is 1. The largest absolute Gasteiger partial charge is 0.493 e. The van der Waals surface area contributed by atoms with Crippen molar-refractivity contribution in [3.05, 3.63) is 23.8 Å². The Morgan fingerprint density at radius 2 is 1.82 bits per heavy atom. The predicted octanol–water partition coefficient (Wildman–Crippen LogP) is 3.95. The average Bonchev–Trinajstić information content (AvgIpc) is 2.83. The van der Waals surface area contributed by atoms with Crippen molar-refractivity contribution in [2.45, 2.75) is 78.9 Å². The van der Waals surface area contributed by atoms with Gasteiger partial charge in [-0.1, -0.05) is 40.7 Å². The van der Waals surface area contributed by atoms with Gasteiger partial charge in [0.1, 0.15) is 0 Å². The second-order valence-corrected chi connectivity index (χ2v) is 9.83. The maximum atomic E-state index is 12.5. The summed E-state index contributed by atoms with van der Waals surface area (Å²) in [6, 6.07) is 5.58. The first-order chi connectivity index (χ1) is 16.1. The van der Waals surface area contributed by atoms with Gasteiger partial charge in [0.25, 0.3) is 0 Å². The molecule has 0 aliphatic rings. The van der Waals surface area contributed by atoms with E-state index in [0.717, 1.165) is 37.0 Å². The van der Waals surface area contributed by atoms with E-state index in [4.69, 9.17) is 19.9 Å². The highest BCUT2D eigenvalue weighted by molar-refractivity contribution is 5.82. The minimum absolute atomic E-state index is 0.0274. The van der Waals surface area contributed by atoms with Crippen LogP contribution >= 0.6 is 0 Å². The quantitative estimate of drug-likeness (QED) is 0.292. The summed E-state index contributed by atoms with van der Waals surface area (Å²) in [5, 5.41) is 13.5. The van der Waals surface area contributed by atoms with Crippen LogP contribution in [0.3, 0.4) is 0 Å². The first-order valence-electron chi connectivity index (χ1n) is 12.6. The number of aliphatic hydroxyl groups excluding tert-OH is 1. The Balaban J connectivity index is 2.77. The molecular weight excluding hydrogens is 432 g/mol. The normalized spacial score (nSPS) is 14.5. The molecule has 7 heteroatoms. The molecule has 0 spiro atoms. The Kier molecular flexibility index (Phi) is 13.5. The predicted molar refractivity (Wildman–Crippen MR) is 137 cm³/mol. The van der Waals surface area contributed by atoms with Gasteiger partial charge in [0.05, 0.1) is 19.8 Å². The molecule has 0 aliphatic carbocycles. The van der Waals surface area contributed by atoms with E-state index in [-0.39, 0.29) is 18.4 Å². The van der Waals surface area contributed by atoms with Gasteiger partial charge in [-0.15, -0.1) is 0 Å². The summed E-state index contributed by atoms with van der Waals surface area (Å²) in [4.78, 5) is 12.5. The molecule has 1 aromatic rings. The molecule has 0 heterocycles. The van der Waals surface area contributed by atoms with E-state index in [1.54, 1.807) is 14.2 Å². The van der Waals surface area contributed by atoms with Gasteiger partial charge in [-0.3, -0.25) is 4.79 Å². The van der Waals surface area contributed by atoms with E-state index >= 15 is 0 Å². The number of nitrogens with two attached hydrogens (primary N) is 1. The minimum Gasteiger partial charge on any atom is -0.493 e. The number of rotatable bonds is 17. The lowest BCUT2D eigenvalue weighted by molar-refractivity contribution is -0.131. The van der Waals surface area contributed by atoms with Crippen LogP contribution in [-0.2, 0) is 16.0 Å². The van der Waals surface area contributed by atoms with Crippen LogP contribution < -0.4 is 20.5 Å². The summed E-state index contributed by atoms with van der Waals surface area (Å²) < 4.78 is 16.5. The van der Waals surface area contributed by atoms with Crippen molar-refractivity contribution in [3.8, 4) is 11.5 Å². The van der Waals surface area contributed by atoms with Crippen LogP contribution in [0.25, 0.3) is 0 Å². The number of benzene rings is 1. The van der Waals surface area contributed by atoms with Gasteiger partial charge in [0, 0.05) is 38.1 Å². The number of amides is 1. The van der Waals surface area contributed by atoms with E-state index in [1.807, 2.05) is 32.9 Å². The number of carbonyl (C=O) groups excluding carboxylic acids is 1. The molecule has 1 rings (SSSR count). The Morgan fingerprint density at radius 1 is 1.15 bits per heavy atom. The average molecular weight is 481 g/mol. The summed E-state index contributed by atoms with van der Waals surface area (Å²) >= 11 is 0. The zero-order valence-corrected chi connectivity index (χ0v) is 22.4. The lowest BCUT2D eigenvalue weighted by atomic mass is 9.82. The molecule has 1 amide bonds. The van der Waals surface area contributed by atoms with E-state index in [1.165, 1.54) is 0 Å². The lowest BCUT2D eigenvalue weighted by Crippen LogP contribution is -2.47. The molecule has 7 nitrogen and oxygen atoms in total. The van der Waals surface area contributed by atoms with Gasteiger partial charge in [-0.2, -0.15) is 0 Å². The molecule has 0 aliphatic heterocycles. The number of carbonyl (C=O) groups is 1.